The fourth-order valence-corrected chi connectivity index (χ4v) is 6.96. The second-order valence-electron chi connectivity index (χ2n) is 9.72. The van der Waals surface area contributed by atoms with Crippen molar-refractivity contribution in [3.05, 3.63) is 34.5 Å². The number of benzene rings is 1. The Morgan fingerprint density at radius 1 is 1.26 bits per heavy atom. The number of carboxylic acids is 2. The van der Waals surface area contributed by atoms with E-state index in [1.165, 1.54) is 54.9 Å². The number of hydrogen-bond donors (Lipinski definition) is 7. The number of oxime groups is 1. The second kappa shape index (κ2) is 11.3. The quantitative estimate of drug-likeness (QED) is 0.0534. The van der Waals surface area contributed by atoms with E-state index in [-0.39, 0.29) is 39.5 Å². The van der Waals surface area contributed by atoms with Gasteiger partial charge < -0.3 is 41.3 Å². The number of nitrogen functional groups attached to an aromatic ring is 1. The molecule has 3 aromatic rings. The molecule has 5 rings (SSSR count). The van der Waals surface area contributed by atoms with E-state index in [1.807, 2.05) is 0 Å². The van der Waals surface area contributed by atoms with Crippen LogP contribution in [0.4, 0.5) is 5.13 Å². The van der Waals surface area contributed by atoms with Crippen molar-refractivity contribution in [3.63, 3.8) is 0 Å². The molecular formula is C24H23N7O9S3. The van der Waals surface area contributed by atoms with Crippen molar-refractivity contribution in [3.8, 4) is 11.5 Å². The molecule has 43 heavy (non-hydrogen) atoms. The monoisotopic (exact) mass is 649 g/mol. The van der Waals surface area contributed by atoms with Gasteiger partial charge in [-0.05, 0) is 19.4 Å². The molecule has 1 aromatic carbocycles. The number of fused-ring (bicyclic) bond motifs is 2. The normalized spacial score (nSPS) is 18.8. The number of aromatic amines is 1. The minimum absolute atomic E-state index is 0.00237. The number of rotatable bonds is 10. The van der Waals surface area contributed by atoms with E-state index in [1.54, 1.807) is 0 Å². The van der Waals surface area contributed by atoms with E-state index >= 15 is 0 Å². The van der Waals surface area contributed by atoms with E-state index in [0.717, 1.165) is 16.2 Å². The van der Waals surface area contributed by atoms with E-state index < -0.39 is 46.5 Å². The first kappa shape index (κ1) is 30.0. The zero-order chi connectivity index (χ0) is 31.2. The third-order valence-electron chi connectivity index (χ3n) is 6.34. The molecule has 4 heterocycles. The molecule has 2 aliphatic heterocycles. The topological polar surface area (TPSA) is 254 Å². The number of β-lactam (4-membered cyclic amide) rings is 1. The molecule has 2 amide bonds. The summed E-state index contributed by atoms with van der Waals surface area (Å²) in [7, 11) is 0. The van der Waals surface area contributed by atoms with E-state index in [4.69, 9.17) is 10.6 Å². The molecule has 1 saturated heterocycles. The fourth-order valence-electron chi connectivity index (χ4n) is 4.04. The molecule has 0 radical (unpaired) electrons. The van der Waals surface area contributed by atoms with Gasteiger partial charge in [0.1, 0.15) is 22.8 Å². The van der Waals surface area contributed by atoms with Crippen LogP contribution < -0.4 is 11.1 Å². The largest absolute Gasteiger partial charge is 0.504 e. The van der Waals surface area contributed by atoms with Crippen molar-refractivity contribution in [2.75, 3.05) is 17.2 Å². The van der Waals surface area contributed by atoms with Gasteiger partial charge in [-0.25, -0.2) is 19.6 Å². The summed E-state index contributed by atoms with van der Waals surface area (Å²) in [5.74, 6) is -4.46. The molecule has 0 bridgehead atoms. The lowest BCUT2D eigenvalue weighted by Gasteiger charge is -2.49. The Bertz CT molecular complexity index is 1690. The maximum atomic E-state index is 13.2. The summed E-state index contributed by atoms with van der Waals surface area (Å²) in [6.45, 7) is 2.46. The molecular weight excluding hydrogens is 627 g/mol. The second-order valence-corrected chi connectivity index (χ2v) is 12.7. The SMILES string of the molecule is CC(C)(ON=C(C(=O)N[C@@H]1C(=O)N2C(C(=O)O)=C(CSc3nc4cc(O)c(O)cc4[nH]3)CS[C@H]12)c1csc(N)n1)C(=O)O. The molecule has 0 aliphatic carbocycles. The molecule has 16 nitrogen and oxygen atoms in total. The third-order valence-corrected chi connectivity index (χ3v) is 9.31. The highest BCUT2D eigenvalue weighted by Crippen LogP contribution is 2.42. The lowest BCUT2D eigenvalue weighted by molar-refractivity contribution is -0.161. The van der Waals surface area contributed by atoms with E-state index in [0.29, 0.717) is 21.8 Å². The number of carboxylic acid groups (broad SMARTS) is 2. The summed E-state index contributed by atoms with van der Waals surface area (Å²) in [6.07, 6.45) is 0. The van der Waals surface area contributed by atoms with Gasteiger partial charge in [-0.15, -0.1) is 23.1 Å². The maximum absolute atomic E-state index is 13.2. The molecule has 0 unspecified atom stereocenters. The predicted molar refractivity (Wildman–Crippen MR) is 156 cm³/mol. The van der Waals surface area contributed by atoms with Crippen molar-refractivity contribution in [1.29, 1.82) is 0 Å². The molecule has 2 aromatic heterocycles. The van der Waals surface area contributed by atoms with Crippen LogP contribution in [-0.2, 0) is 24.0 Å². The highest BCUT2D eigenvalue weighted by atomic mass is 32.2. The molecule has 19 heteroatoms. The van der Waals surface area contributed by atoms with Gasteiger partial charge in [0.2, 0.25) is 5.60 Å². The number of anilines is 1. The van der Waals surface area contributed by atoms with Crippen molar-refractivity contribution < 1.29 is 44.4 Å². The van der Waals surface area contributed by atoms with Crippen LogP contribution in [0.3, 0.4) is 0 Å². The summed E-state index contributed by atoms with van der Waals surface area (Å²) < 4.78 is 0. The van der Waals surface area contributed by atoms with Crippen LogP contribution in [0.25, 0.3) is 11.0 Å². The first-order valence-corrected chi connectivity index (χ1v) is 15.1. The summed E-state index contributed by atoms with van der Waals surface area (Å²) in [5.41, 5.74) is 4.61. The van der Waals surface area contributed by atoms with Gasteiger partial charge in [-0.2, -0.15) is 0 Å². The van der Waals surface area contributed by atoms with Gasteiger partial charge in [-0.1, -0.05) is 16.9 Å². The van der Waals surface area contributed by atoms with Gasteiger partial charge in [0, 0.05) is 29.0 Å². The third kappa shape index (κ3) is 5.77. The molecule has 2 aliphatic rings. The Labute approximate surface area is 254 Å². The zero-order valence-corrected chi connectivity index (χ0v) is 24.7. The van der Waals surface area contributed by atoms with Gasteiger partial charge in [0.05, 0.1) is 11.0 Å². The van der Waals surface area contributed by atoms with Crippen LogP contribution in [0.1, 0.15) is 19.5 Å². The highest BCUT2D eigenvalue weighted by Gasteiger charge is 2.54. The Morgan fingerprint density at radius 3 is 2.63 bits per heavy atom. The number of phenols is 2. The van der Waals surface area contributed by atoms with Gasteiger partial charge in [-0.3, -0.25) is 14.5 Å². The van der Waals surface area contributed by atoms with Crippen LogP contribution in [0.2, 0.25) is 0 Å². The number of aromatic nitrogens is 3. The minimum Gasteiger partial charge on any atom is -0.504 e. The fraction of sp³-hybridized carbons (Fsp3) is 0.292. The maximum Gasteiger partial charge on any atom is 0.352 e. The van der Waals surface area contributed by atoms with Crippen LogP contribution >= 0.6 is 34.9 Å². The summed E-state index contributed by atoms with van der Waals surface area (Å²) in [6, 6.07) is 1.50. The van der Waals surface area contributed by atoms with Gasteiger partial charge in [0.25, 0.3) is 11.8 Å². The number of phenolic OH excluding ortho intramolecular Hbond substituents is 2. The number of H-pyrrole nitrogens is 1. The Balaban J connectivity index is 1.32. The van der Waals surface area contributed by atoms with E-state index in [2.05, 4.69) is 25.4 Å². The smallest absolute Gasteiger partial charge is 0.352 e. The lowest BCUT2D eigenvalue weighted by Crippen LogP contribution is -2.71. The average Bonchev–Trinajstić information content (AvgIpc) is 3.55. The molecule has 226 valence electrons. The van der Waals surface area contributed by atoms with Crippen LogP contribution in [0.5, 0.6) is 11.5 Å². The van der Waals surface area contributed by atoms with E-state index in [9.17, 15) is 39.6 Å². The number of nitrogens with two attached hydrogens (primary N) is 1. The Morgan fingerprint density at radius 2 is 1.98 bits per heavy atom. The van der Waals surface area contributed by atoms with Crippen LogP contribution in [0.15, 0.2) is 39.1 Å². The number of nitrogens with zero attached hydrogens (tertiary/aromatic N) is 4. The predicted octanol–water partition coefficient (Wildman–Crippen LogP) is 1.13. The number of thioether (sulfide) groups is 2. The first-order chi connectivity index (χ1) is 20.3. The van der Waals surface area contributed by atoms with Crippen molar-refractivity contribution >= 4 is 80.5 Å². The summed E-state index contributed by atoms with van der Waals surface area (Å²) in [4.78, 5) is 67.6. The number of imidazole rings is 1. The standard InChI is InChI=1S/C24H23N7O9S3/c1-24(2,21(38)39)40-30-14(11-7-42-22(25)26-11)17(34)29-15-18(35)31-16(20(36)37)8(5-41-19(15)31)6-43-23-27-9-3-12(32)13(33)4-10(9)28-23/h3-4,7,15,19,32-33H,5-6H2,1-2H3,(H2,25,26)(H,27,28)(H,29,34)(H,36,37)(H,38,39)/t15-,19-/m1/s1. The first-order valence-electron chi connectivity index (χ1n) is 12.2. The molecule has 0 spiro atoms. The number of amides is 2. The van der Waals surface area contributed by atoms with Gasteiger partial charge in [0.15, 0.2) is 27.5 Å². The Hall–Kier alpha value is -4.49. The van der Waals surface area contributed by atoms with Gasteiger partial charge >= 0.3 is 11.9 Å². The number of carbonyl (C=O) groups is 4. The van der Waals surface area contributed by atoms with Crippen LogP contribution in [-0.4, -0.2) is 98.3 Å². The number of hydrogen-bond acceptors (Lipinski definition) is 14. The molecule has 2 atom stereocenters. The van der Waals surface area contributed by atoms with Crippen molar-refractivity contribution in [2.45, 2.75) is 36.0 Å². The zero-order valence-electron chi connectivity index (χ0n) is 22.2. The average molecular weight is 650 g/mol. The minimum atomic E-state index is -1.78. The van der Waals surface area contributed by atoms with Crippen molar-refractivity contribution in [1.82, 2.24) is 25.2 Å². The lowest BCUT2D eigenvalue weighted by atomic mass is 10.0. The highest BCUT2D eigenvalue weighted by molar-refractivity contribution is 8.01. The summed E-state index contributed by atoms with van der Waals surface area (Å²) in [5, 5.41) is 46.1. The summed E-state index contributed by atoms with van der Waals surface area (Å²) >= 11 is 3.44. The molecule has 8 N–H and O–H groups in total. The number of thiazole rings is 1. The number of aromatic hydroxyl groups is 2. The molecule has 0 saturated carbocycles. The van der Waals surface area contributed by atoms with Crippen LogP contribution in [0, 0.1) is 0 Å². The Kier molecular flexibility index (Phi) is 7.88. The number of nitrogens with one attached hydrogen (secondary N) is 2. The number of carbonyl (C=O) groups excluding carboxylic acids is 2. The van der Waals surface area contributed by atoms with Crippen molar-refractivity contribution in [2.24, 2.45) is 5.16 Å². The molecule has 1 fully saturated rings. The number of aliphatic carboxylic acids is 2.